The molecule has 0 aliphatic rings. The molecule has 0 aliphatic carbocycles. The minimum atomic E-state index is 1.23. The minimum absolute atomic E-state index is 1.23. The number of thiophene rings is 3. The van der Waals surface area contributed by atoms with E-state index in [0.29, 0.717) is 0 Å². The Morgan fingerprint density at radius 1 is 0.178 bits per heavy atom. The van der Waals surface area contributed by atoms with E-state index in [-0.39, 0.29) is 0 Å². The first-order valence-electron chi connectivity index (χ1n) is 30.6. The predicted octanol–water partition coefficient (Wildman–Crippen LogP) is 24.9. The van der Waals surface area contributed by atoms with Gasteiger partial charge >= 0.3 is 0 Å². The number of benzene rings is 15. The van der Waals surface area contributed by atoms with E-state index < -0.39 is 0 Å². The van der Waals surface area contributed by atoms with E-state index in [1.165, 1.54) is 175 Å². The van der Waals surface area contributed by atoms with Crippen LogP contribution in [-0.2, 0) is 0 Å². The number of para-hydroxylation sites is 3. The van der Waals surface area contributed by atoms with E-state index in [2.05, 4.69) is 323 Å². The van der Waals surface area contributed by atoms with Crippen molar-refractivity contribution >= 4 is 192 Å². The smallest absolute Gasteiger partial charge is 0.0634 e. The van der Waals surface area contributed by atoms with Gasteiger partial charge in [0.15, 0.2) is 0 Å². The maximum atomic E-state index is 2.48. The molecule has 0 spiro atoms. The van der Waals surface area contributed by atoms with Crippen LogP contribution in [0.5, 0.6) is 0 Å². The molecule has 0 aliphatic heterocycles. The SMILES string of the molecule is c1ccc2c(-n3c4ccccc4c4c5c(ccc43)sc3ccccc35)cccc2c1.c1ccc2c(-n3c4ccccc4c4cc5c(cc43)sc3ccccc35)cccc2c1.c1ccc2c(-n3c4ccccc4c4ccc5sc6ccccc6c5c43)cccc2c1. The van der Waals surface area contributed by atoms with Crippen LogP contribution >= 0.6 is 34.0 Å². The van der Waals surface area contributed by atoms with Crippen molar-refractivity contribution in [2.75, 3.05) is 0 Å². The fraction of sp³-hybridized carbons (Fsp3) is 0. The quantitative estimate of drug-likeness (QED) is 0.167. The molecular weight excluding hydrogens is 1150 g/mol. The Balaban J connectivity index is 0.0000000972. The van der Waals surface area contributed by atoms with Crippen LogP contribution in [-0.4, -0.2) is 13.7 Å². The summed E-state index contributed by atoms with van der Waals surface area (Å²) in [6.45, 7) is 0. The van der Waals surface area contributed by atoms with Crippen molar-refractivity contribution in [2.45, 2.75) is 0 Å². The third-order valence-electron chi connectivity index (χ3n) is 18.5. The third-order valence-corrected chi connectivity index (χ3v) is 22.0. The fourth-order valence-electron chi connectivity index (χ4n) is 14.7. The topological polar surface area (TPSA) is 14.8 Å². The maximum absolute atomic E-state index is 2.48. The van der Waals surface area contributed by atoms with Gasteiger partial charge in [-0.05, 0) is 101 Å². The average Bonchev–Trinajstić information content (AvgIpc) is 1.61. The first kappa shape index (κ1) is 51.2. The van der Waals surface area contributed by atoms with Crippen LogP contribution in [0.2, 0.25) is 0 Å². The molecule has 6 aromatic heterocycles. The predicted molar refractivity (Wildman–Crippen MR) is 394 cm³/mol. The summed E-state index contributed by atoms with van der Waals surface area (Å²) in [4.78, 5) is 0. The van der Waals surface area contributed by atoms with Crippen LogP contribution in [0.4, 0.5) is 0 Å². The zero-order chi connectivity index (χ0) is 59.0. The van der Waals surface area contributed by atoms with Gasteiger partial charge in [0.05, 0.1) is 50.2 Å². The Morgan fingerprint density at radius 2 is 0.567 bits per heavy atom. The van der Waals surface area contributed by atoms with E-state index >= 15 is 0 Å². The lowest BCUT2D eigenvalue weighted by Crippen LogP contribution is -1.95. The molecule has 90 heavy (non-hydrogen) atoms. The van der Waals surface area contributed by atoms with E-state index in [4.69, 9.17) is 0 Å². The molecule has 21 rings (SSSR count). The minimum Gasteiger partial charge on any atom is -0.309 e. The standard InChI is InChI=1S/3C28H17NS/c1-2-10-19-18(8-1)9-7-14-24(19)29-25-13-5-3-11-20(25)22-16-23-21-12-4-6-15-27(21)30-28(23)17-26(22)29;1-2-10-19-18(8-1)9-7-14-23(19)29-24-13-5-3-11-20(24)21-16-17-26-27(28(21)29)22-12-4-6-15-25(22)30-26;1-2-10-19-18(8-1)9-7-14-22(19)29-23-13-5-3-11-20(23)27-24(29)16-17-26-28(27)21-12-4-6-15-25(21)30-26/h3*1-17H. The number of nitrogens with zero attached hydrogens (tertiary/aromatic N) is 3. The summed E-state index contributed by atoms with van der Waals surface area (Å²) in [5.41, 5.74) is 11.3. The summed E-state index contributed by atoms with van der Waals surface area (Å²) in [6, 6.07) is 112. The largest absolute Gasteiger partial charge is 0.309 e. The summed E-state index contributed by atoms with van der Waals surface area (Å²) >= 11 is 5.64. The van der Waals surface area contributed by atoms with Crippen LogP contribution in [0, 0.1) is 0 Å². The third kappa shape index (κ3) is 7.75. The summed E-state index contributed by atoms with van der Waals surface area (Å²) in [5.74, 6) is 0. The Bertz CT molecular complexity index is 6470. The van der Waals surface area contributed by atoms with Crippen molar-refractivity contribution in [3.05, 3.63) is 309 Å². The molecule has 0 radical (unpaired) electrons. The van der Waals surface area contributed by atoms with Crippen molar-refractivity contribution in [1.82, 2.24) is 13.7 Å². The van der Waals surface area contributed by atoms with Gasteiger partial charge in [-0.25, -0.2) is 0 Å². The van der Waals surface area contributed by atoms with E-state index in [1.807, 2.05) is 34.0 Å². The first-order chi connectivity index (χ1) is 44.7. The van der Waals surface area contributed by atoms with Gasteiger partial charge in [0.25, 0.3) is 0 Å². The lowest BCUT2D eigenvalue weighted by Gasteiger charge is -2.12. The summed E-state index contributed by atoms with van der Waals surface area (Å²) < 4.78 is 15.4. The summed E-state index contributed by atoms with van der Waals surface area (Å²) in [6.07, 6.45) is 0. The second-order valence-electron chi connectivity index (χ2n) is 23.4. The lowest BCUT2D eigenvalue weighted by atomic mass is 10.1. The Kier molecular flexibility index (Phi) is 11.6. The van der Waals surface area contributed by atoms with Crippen molar-refractivity contribution in [3.8, 4) is 17.1 Å². The molecule has 0 N–H and O–H groups in total. The van der Waals surface area contributed by atoms with Crippen molar-refractivity contribution in [1.29, 1.82) is 0 Å². The number of hydrogen-bond acceptors (Lipinski definition) is 3. The molecule has 0 saturated heterocycles. The van der Waals surface area contributed by atoms with Gasteiger partial charge < -0.3 is 13.7 Å². The highest BCUT2D eigenvalue weighted by molar-refractivity contribution is 7.26. The molecule has 3 nitrogen and oxygen atoms in total. The number of rotatable bonds is 3. The Morgan fingerprint density at radius 3 is 1.16 bits per heavy atom. The molecule has 0 bridgehead atoms. The molecule has 0 fully saturated rings. The van der Waals surface area contributed by atoms with Crippen molar-refractivity contribution < 1.29 is 0 Å². The summed E-state index contributed by atoms with van der Waals surface area (Å²) in [5, 5.41) is 23.7. The number of fused-ring (bicyclic) bond motifs is 23. The van der Waals surface area contributed by atoms with Crippen LogP contribution in [0.1, 0.15) is 0 Å². The van der Waals surface area contributed by atoms with Gasteiger partial charge in [-0.15, -0.1) is 34.0 Å². The molecule has 0 atom stereocenters. The van der Waals surface area contributed by atoms with Gasteiger partial charge in [-0.1, -0.05) is 224 Å². The molecule has 0 amide bonds. The Hall–Kier alpha value is -10.9. The highest BCUT2D eigenvalue weighted by atomic mass is 32.1. The molecule has 15 aromatic carbocycles. The van der Waals surface area contributed by atoms with Crippen molar-refractivity contribution in [2.24, 2.45) is 0 Å². The molecule has 0 saturated carbocycles. The van der Waals surface area contributed by atoms with Crippen LogP contribution in [0.15, 0.2) is 309 Å². The number of hydrogen-bond donors (Lipinski definition) is 0. The van der Waals surface area contributed by atoms with Crippen LogP contribution in [0.3, 0.4) is 0 Å². The monoisotopic (exact) mass is 1200 g/mol. The van der Waals surface area contributed by atoms with Gasteiger partial charge in [-0.2, -0.15) is 0 Å². The Labute approximate surface area is 528 Å². The molecule has 0 unspecified atom stereocenters. The second kappa shape index (κ2) is 20.4. The molecule has 420 valence electrons. The lowest BCUT2D eigenvalue weighted by molar-refractivity contribution is 1.20. The van der Waals surface area contributed by atoms with E-state index in [1.54, 1.807) is 0 Å². The van der Waals surface area contributed by atoms with E-state index in [0.717, 1.165) is 0 Å². The van der Waals surface area contributed by atoms with Gasteiger partial charge in [0.1, 0.15) is 0 Å². The molecule has 6 heteroatoms. The van der Waals surface area contributed by atoms with Gasteiger partial charge in [0, 0.05) is 109 Å². The maximum Gasteiger partial charge on any atom is 0.0634 e. The molecule has 6 heterocycles. The summed E-state index contributed by atoms with van der Waals surface area (Å²) in [7, 11) is 0. The normalized spacial score (nSPS) is 12.0. The van der Waals surface area contributed by atoms with Crippen LogP contribution in [0.25, 0.3) is 175 Å². The highest BCUT2D eigenvalue weighted by Crippen LogP contribution is 2.47. The average molecular weight is 1200 g/mol. The highest BCUT2D eigenvalue weighted by Gasteiger charge is 2.22. The second-order valence-corrected chi connectivity index (χ2v) is 26.6. The first-order valence-corrected chi connectivity index (χ1v) is 33.1. The van der Waals surface area contributed by atoms with Gasteiger partial charge in [0.2, 0.25) is 0 Å². The van der Waals surface area contributed by atoms with Crippen molar-refractivity contribution in [3.63, 3.8) is 0 Å². The zero-order valence-electron chi connectivity index (χ0n) is 48.5. The van der Waals surface area contributed by atoms with Gasteiger partial charge in [-0.3, -0.25) is 0 Å². The zero-order valence-corrected chi connectivity index (χ0v) is 51.0. The van der Waals surface area contributed by atoms with E-state index in [9.17, 15) is 0 Å². The fourth-order valence-corrected chi connectivity index (χ4v) is 18.0. The molecule has 21 aromatic rings. The number of aromatic nitrogens is 3. The van der Waals surface area contributed by atoms with Crippen LogP contribution < -0.4 is 0 Å². The molecular formula is C84H51N3S3.